The summed E-state index contributed by atoms with van der Waals surface area (Å²) < 4.78 is 18.8. The molecule has 10 heteroatoms. The summed E-state index contributed by atoms with van der Waals surface area (Å²) in [5.74, 6) is -2.23. The minimum atomic E-state index is -0.919. The van der Waals surface area contributed by atoms with Crippen LogP contribution in [0.4, 0.5) is 15.8 Å². The molecule has 3 aromatic rings. The molecule has 126 valence electrons. The molecule has 1 heterocycles. The average Bonchev–Trinajstić information content (AvgIpc) is 2.97. The van der Waals surface area contributed by atoms with E-state index in [9.17, 15) is 29.4 Å². The summed E-state index contributed by atoms with van der Waals surface area (Å²) in [6.45, 7) is 0. The fourth-order valence-electron chi connectivity index (χ4n) is 2.12. The smallest absolute Gasteiger partial charge is 0.353 e. The molecule has 0 bridgehead atoms. The Bertz CT molecular complexity index is 1030. The van der Waals surface area contributed by atoms with Crippen LogP contribution in [0.15, 0.2) is 42.5 Å². The predicted molar refractivity (Wildman–Crippen MR) is 86.5 cm³/mol. The second kappa shape index (κ2) is 6.24. The maximum absolute atomic E-state index is 13.3. The van der Waals surface area contributed by atoms with Crippen molar-refractivity contribution < 1.29 is 23.8 Å². The number of esters is 1. The number of thiophene rings is 1. The normalized spacial score (nSPS) is 10.6. The van der Waals surface area contributed by atoms with E-state index in [1.165, 1.54) is 24.3 Å². The highest BCUT2D eigenvalue weighted by Gasteiger charge is 2.21. The highest BCUT2D eigenvalue weighted by molar-refractivity contribution is 7.20. The highest BCUT2D eigenvalue weighted by Crippen LogP contribution is 2.32. The summed E-state index contributed by atoms with van der Waals surface area (Å²) in [4.78, 5) is 32.6. The number of carbonyl (C=O) groups excluding carboxylic acids is 1. The van der Waals surface area contributed by atoms with Gasteiger partial charge in [-0.3, -0.25) is 20.2 Å². The zero-order valence-electron chi connectivity index (χ0n) is 12.2. The van der Waals surface area contributed by atoms with Crippen LogP contribution in [-0.2, 0) is 0 Å². The molecule has 0 radical (unpaired) electrons. The van der Waals surface area contributed by atoms with Gasteiger partial charge < -0.3 is 4.74 Å². The lowest BCUT2D eigenvalue weighted by Crippen LogP contribution is -2.08. The van der Waals surface area contributed by atoms with Crippen LogP contribution in [0, 0.1) is 26.0 Å². The molecule has 0 fully saturated rings. The van der Waals surface area contributed by atoms with Crippen LogP contribution in [0.2, 0.25) is 0 Å². The summed E-state index contributed by atoms with van der Waals surface area (Å²) in [6.07, 6.45) is 0. The molecule has 8 nitrogen and oxygen atoms in total. The number of nitro benzene ring substituents is 2. The topological polar surface area (TPSA) is 113 Å². The summed E-state index contributed by atoms with van der Waals surface area (Å²) in [5, 5.41) is 22.2. The van der Waals surface area contributed by atoms with Gasteiger partial charge in [-0.1, -0.05) is 0 Å². The standard InChI is InChI=1S/C15H7FN2O6S/c16-9-1-3-11(18(22)23)12(7-9)24-15(19)14-6-8-5-10(17(20)21)2-4-13(8)25-14/h1-7H. The number of non-ortho nitro benzene ring substituents is 1. The fourth-order valence-corrected chi connectivity index (χ4v) is 3.04. The summed E-state index contributed by atoms with van der Waals surface area (Å²) in [6, 6.07) is 7.98. The van der Waals surface area contributed by atoms with Crippen molar-refractivity contribution in [3.63, 3.8) is 0 Å². The second-order valence-corrected chi connectivity index (χ2v) is 5.93. The van der Waals surface area contributed by atoms with E-state index in [1.807, 2.05) is 0 Å². The lowest BCUT2D eigenvalue weighted by atomic mass is 10.2. The van der Waals surface area contributed by atoms with Gasteiger partial charge in [0.15, 0.2) is 0 Å². The number of halogens is 1. The Labute approximate surface area is 142 Å². The van der Waals surface area contributed by atoms with Crippen molar-refractivity contribution in [3.05, 3.63) is 73.4 Å². The molecule has 0 aliphatic rings. The third kappa shape index (κ3) is 3.28. The molecule has 0 N–H and O–H groups in total. The maximum Gasteiger partial charge on any atom is 0.353 e. The van der Waals surface area contributed by atoms with Crippen LogP contribution in [0.1, 0.15) is 9.67 Å². The Morgan fingerprint density at radius 2 is 1.80 bits per heavy atom. The third-order valence-electron chi connectivity index (χ3n) is 3.23. The van der Waals surface area contributed by atoms with Crippen molar-refractivity contribution in [1.29, 1.82) is 0 Å². The first-order chi connectivity index (χ1) is 11.8. The molecule has 0 unspecified atom stereocenters. The minimum Gasteiger partial charge on any atom is -0.415 e. The number of hydrogen-bond acceptors (Lipinski definition) is 7. The Morgan fingerprint density at radius 3 is 2.48 bits per heavy atom. The van der Waals surface area contributed by atoms with E-state index in [2.05, 4.69) is 0 Å². The van der Waals surface area contributed by atoms with E-state index in [0.29, 0.717) is 10.1 Å². The molecule has 0 atom stereocenters. The molecule has 0 saturated heterocycles. The third-order valence-corrected chi connectivity index (χ3v) is 4.33. The van der Waals surface area contributed by atoms with E-state index in [0.717, 1.165) is 29.5 Å². The maximum atomic E-state index is 13.3. The molecular formula is C15H7FN2O6S. The van der Waals surface area contributed by atoms with E-state index >= 15 is 0 Å². The van der Waals surface area contributed by atoms with Gasteiger partial charge in [0.2, 0.25) is 5.75 Å². The van der Waals surface area contributed by atoms with E-state index < -0.39 is 33.1 Å². The Kier molecular flexibility index (Phi) is 4.11. The summed E-state index contributed by atoms with van der Waals surface area (Å²) in [7, 11) is 0. The molecule has 0 aliphatic carbocycles. The lowest BCUT2D eigenvalue weighted by molar-refractivity contribution is -0.385. The number of fused-ring (bicyclic) bond motifs is 1. The van der Waals surface area contributed by atoms with Gasteiger partial charge >= 0.3 is 11.7 Å². The SMILES string of the molecule is O=C(Oc1cc(F)ccc1[N+](=O)[O-])c1cc2cc([N+](=O)[O-])ccc2s1. The number of carbonyl (C=O) groups is 1. The van der Waals surface area contributed by atoms with Crippen LogP contribution < -0.4 is 4.74 Å². The van der Waals surface area contributed by atoms with Gasteiger partial charge in [0.25, 0.3) is 5.69 Å². The van der Waals surface area contributed by atoms with Crippen molar-refractivity contribution in [2.45, 2.75) is 0 Å². The number of rotatable bonds is 4. The number of ether oxygens (including phenoxy) is 1. The number of nitrogens with zero attached hydrogens (tertiary/aromatic N) is 2. The van der Waals surface area contributed by atoms with E-state index in [-0.39, 0.29) is 10.6 Å². The van der Waals surface area contributed by atoms with E-state index in [4.69, 9.17) is 4.74 Å². The van der Waals surface area contributed by atoms with Crippen LogP contribution in [0.3, 0.4) is 0 Å². The molecule has 0 saturated carbocycles. The fraction of sp³-hybridized carbons (Fsp3) is 0. The molecular weight excluding hydrogens is 355 g/mol. The lowest BCUT2D eigenvalue weighted by Gasteiger charge is -2.03. The summed E-state index contributed by atoms with van der Waals surface area (Å²) in [5.41, 5.74) is -0.683. The Morgan fingerprint density at radius 1 is 1.04 bits per heavy atom. The van der Waals surface area contributed by atoms with Gasteiger partial charge in [-0.2, -0.15) is 0 Å². The predicted octanol–water partition coefficient (Wildman–Crippen LogP) is 4.08. The van der Waals surface area contributed by atoms with Gasteiger partial charge in [-0.15, -0.1) is 11.3 Å². The molecule has 3 rings (SSSR count). The number of benzene rings is 2. The first-order valence-electron chi connectivity index (χ1n) is 6.69. The van der Waals surface area contributed by atoms with Gasteiger partial charge in [-0.25, -0.2) is 9.18 Å². The van der Waals surface area contributed by atoms with Gasteiger partial charge in [0.05, 0.1) is 9.85 Å². The quantitative estimate of drug-likeness (QED) is 0.299. The van der Waals surface area contributed by atoms with Crippen molar-refractivity contribution in [1.82, 2.24) is 0 Å². The van der Waals surface area contributed by atoms with Gasteiger partial charge in [0.1, 0.15) is 10.7 Å². The van der Waals surface area contributed by atoms with Crippen LogP contribution in [0.5, 0.6) is 5.75 Å². The average molecular weight is 362 g/mol. The minimum absolute atomic E-state index is 0.0778. The zero-order chi connectivity index (χ0) is 18.1. The monoisotopic (exact) mass is 362 g/mol. The number of nitro groups is 2. The first kappa shape index (κ1) is 16.5. The van der Waals surface area contributed by atoms with Gasteiger partial charge in [0, 0.05) is 34.4 Å². The highest BCUT2D eigenvalue weighted by atomic mass is 32.1. The van der Waals surface area contributed by atoms with E-state index in [1.54, 1.807) is 0 Å². The van der Waals surface area contributed by atoms with Crippen molar-refractivity contribution in [3.8, 4) is 5.75 Å². The Balaban J connectivity index is 1.94. The zero-order valence-corrected chi connectivity index (χ0v) is 13.0. The van der Waals surface area contributed by atoms with Crippen LogP contribution in [-0.4, -0.2) is 15.8 Å². The van der Waals surface area contributed by atoms with Crippen LogP contribution in [0.25, 0.3) is 10.1 Å². The first-order valence-corrected chi connectivity index (χ1v) is 7.51. The number of hydrogen-bond donors (Lipinski definition) is 0. The molecule has 0 aliphatic heterocycles. The Hall–Kier alpha value is -3.40. The molecule has 25 heavy (non-hydrogen) atoms. The van der Waals surface area contributed by atoms with Crippen molar-refractivity contribution >= 4 is 38.8 Å². The van der Waals surface area contributed by atoms with Crippen molar-refractivity contribution in [2.24, 2.45) is 0 Å². The molecule has 0 amide bonds. The molecule has 1 aromatic heterocycles. The van der Waals surface area contributed by atoms with Crippen LogP contribution >= 0.6 is 11.3 Å². The molecule has 0 spiro atoms. The second-order valence-electron chi connectivity index (χ2n) is 4.85. The van der Waals surface area contributed by atoms with Crippen molar-refractivity contribution in [2.75, 3.05) is 0 Å². The van der Waals surface area contributed by atoms with Gasteiger partial charge in [-0.05, 0) is 18.2 Å². The summed E-state index contributed by atoms with van der Waals surface area (Å²) >= 11 is 1.00. The molecule has 2 aromatic carbocycles. The largest absolute Gasteiger partial charge is 0.415 e.